The molecule has 1 heterocycles. The molecule has 1 aromatic rings. The molecule has 0 unspecified atom stereocenters. The van der Waals surface area contributed by atoms with E-state index in [1.54, 1.807) is 44.2 Å². The van der Waals surface area contributed by atoms with Crippen LogP contribution in [0.3, 0.4) is 0 Å². The Balaban J connectivity index is 2.13. The summed E-state index contributed by atoms with van der Waals surface area (Å²) in [5.41, 5.74) is 6.44. The summed E-state index contributed by atoms with van der Waals surface area (Å²) >= 11 is 1.16. The average Bonchev–Trinajstić information content (AvgIpc) is 2.87. The molecular weight excluding hydrogens is 346 g/mol. The Morgan fingerprint density at radius 3 is 2.32 bits per heavy atom. The Morgan fingerprint density at radius 2 is 1.84 bits per heavy atom. The first kappa shape index (κ1) is 19.2. The normalized spacial score (nSPS) is 24.3. The first-order valence-corrected chi connectivity index (χ1v) is 8.52. The van der Waals surface area contributed by atoms with Crippen LogP contribution in [0.2, 0.25) is 0 Å². The van der Waals surface area contributed by atoms with Crippen molar-refractivity contribution in [1.82, 2.24) is 10.6 Å². The third-order valence-corrected chi connectivity index (χ3v) is 5.52. The van der Waals surface area contributed by atoms with Crippen molar-refractivity contribution in [3.05, 3.63) is 35.9 Å². The molecule has 136 valence electrons. The molecule has 0 aliphatic carbocycles. The van der Waals surface area contributed by atoms with Gasteiger partial charge in [0.25, 0.3) is 0 Å². The maximum atomic E-state index is 12.3. The number of nitrogens with one attached hydrogen (secondary N) is 2. The highest BCUT2D eigenvalue weighted by Crippen LogP contribution is 2.39. The molecule has 9 heteroatoms. The van der Waals surface area contributed by atoms with Crippen molar-refractivity contribution in [2.75, 3.05) is 0 Å². The molecule has 1 saturated heterocycles. The third kappa shape index (κ3) is 4.30. The van der Waals surface area contributed by atoms with Crippen molar-refractivity contribution < 1.29 is 24.6 Å². The second-order valence-corrected chi connectivity index (χ2v) is 8.09. The zero-order valence-electron chi connectivity index (χ0n) is 13.8. The van der Waals surface area contributed by atoms with Crippen LogP contribution in [0.15, 0.2) is 30.3 Å². The van der Waals surface area contributed by atoms with Gasteiger partial charge < -0.3 is 21.3 Å². The first-order valence-electron chi connectivity index (χ1n) is 7.64. The lowest BCUT2D eigenvalue weighted by Gasteiger charge is -2.23. The van der Waals surface area contributed by atoms with Gasteiger partial charge in [-0.15, -0.1) is 11.8 Å². The number of carboxylic acids is 2. The van der Waals surface area contributed by atoms with Crippen molar-refractivity contribution in [2.45, 2.75) is 42.1 Å². The number of nitrogens with two attached hydrogens (primary N) is 1. The van der Waals surface area contributed by atoms with Gasteiger partial charge in [-0.3, -0.25) is 14.9 Å². The summed E-state index contributed by atoms with van der Waals surface area (Å²) < 4.78 is -0.726. The second-order valence-electron chi connectivity index (χ2n) is 6.29. The van der Waals surface area contributed by atoms with Gasteiger partial charge in [-0.25, -0.2) is 4.79 Å². The molecule has 1 aliphatic rings. The summed E-state index contributed by atoms with van der Waals surface area (Å²) in [6, 6.07) is 5.33. The van der Waals surface area contributed by atoms with Crippen LogP contribution in [0.25, 0.3) is 0 Å². The fraction of sp³-hybridized carbons (Fsp3) is 0.438. The van der Waals surface area contributed by atoms with E-state index in [4.69, 9.17) is 5.73 Å². The predicted molar refractivity (Wildman–Crippen MR) is 93.0 cm³/mol. The van der Waals surface area contributed by atoms with Crippen molar-refractivity contribution in [2.24, 2.45) is 5.73 Å². The topological polar surface area (TPSA) is 142 Å². The molecule has 2 rings (SSSR count). The van der Waals surface area contributed by atoms with Crippen LogP contribution in [0.5, 0.6) is 0 Å². The molecule has 6 N–H and O–H groups in total. The molecule has 0 aromatic heterocycles. The van der Waals surface area contributed by atoms with Gasteiger partial charge in [-0.05, 0) is 19.4 Å². The standard InChI is InChI=1S/C16H21N3O5S/c1-16(2)11(15(23)24)19-13(25-16)10(14(21)22)18-12(20)9(17)8-6-4-3-5-7-8/h3-7,9-11,13,19H,17H2,1-2H3,(H,18,20)(H,21,22)(H,23,24)/t9-,10-,11+,13-/m1/s1. The van der Waals surface area contributed by atoms with Gasteiger partial charge in [0.2, 0.25) is 5.91 Å². The number of aliphatic carboxylic acids is 2. The van der Waals surface area contributed by atoms with E-state index in [0.29, 0.717) is 5.56 Å². The third-order valence-electron chi connectivity index (χ3n) is 4.01. The van der Waals surface area contributed by atoms with E-state index < -0.39 is 46.1 Å². The van der Waals surface area contributed by atoms with Gasteiger partial charge in [0.15, 0.2) is 6.04 Å². The Bertz CT molecular complexity index is 667. The first-order chi connectivity index (χ1) is 11.6. The maximum Gasteiger partial charge on any atom is 0.328 e. The van der Waals surface area contributed by atoms with E-state index in [0.717, 1.165) is 11.8 Å². The highest BCUT2D eigenvalue weighted by atomic mass is 32.2. The lowest BCUT2D eigenvalue weighted by atomic mass is 10.0. The number of carbonyl (C=O) groups is 3. The van der Waals surface area contributed by atoms with E-state index in [1.807, 2.05) is 0 Å². The van der Waals surface area contributed by atoms with E-state index >= 15 is 0 Å². The Kier molecular flexibility index (Phi) is 5.71. The quantitative estimate of drug-likeness (QED) is 0.478. The summed E-state index contributed by atoms with van der Waals surface area (Å²) in [6.07, 6.45) is 0. The van der Waals surface area contributed by atoms with Crippen LogP contribution in [0.1, 0.15) is 25.5 Å². The second kappa shape index (κ2) is 7.42. The minimum atomic E-state index is -1.31. The van der Waals surface area contributed by atoms with Crippen LogP contribution in [0.4, 0.5) is 0 Å². The minimum absolute atomic E-state index is 0.555. The molecule has 0 saturated carbocycles. The predicted octanol–water partition coefficient (Wildman–Crippen LogP) is 0.150. The van der Waals surface area contributed by atoms with Crippen molar-refractivity contribution >= 4 is 29.6 Å². The van der Waals surface area contributed by atoms with Crippen LogP contribution < -0.4 is 16.4 Å². The number of carboxylic acid groups (broad SMARTS) is 2. The highest BCUT2D eigenvalue weighted by molar-refractivity contribution is 8.01. The molecule has 1 aliphatic heterocycles. The van der Waals surface area contributed by atoms with Gasteiger partial charge in [-0.2, -0.15) is 0 Å². The van der Waals surface area contributed by atoms with Crippen molar-refractivity contribution in [1.29, 1.82) is 0 Å². The maximum absolute atomic E-state index is 12.3. The van der Waals surface area contributed by atoms with Crippen LogP contribution in [0, 0.1) is 0 Å². The van der Waals surface area contributed by atoms with Crippen LogP contribution >= 0.6 is 11.8 Å². The minimum Gasteiger partial charge on any atom is -0.480 e. The largest absolute Gasteiger partial charge is 0.480 e. The van der Waals surface area contributed by atoms with E-state index in [-0.39, 0.29) is 0 Å². The number of amides is 1. The Hall–Kier alpha value is -2.10. The molecular formula is C16H21N3O5S. The number of hydrogen-bond acceptors (Lipinski definition) is 6. The molecule has 8 nitrogen and oxygen atoms in total. The van der Waals surface area contributed by atoms with Crippen molar-refractivity contribution in [3.63, 3.8) is 0 Å². The van der Waals surface area contributed by atoms with Crippen molar-refractivity contribution in [3.8, 4) is 0 Å². The molecule has 1 amide bonds. The average molecular weight is 367 g/mol. The number of benzene rings is 1. The van der Waals surface area contributed by atoms with E-state index in [1.165, 1.54) is 0 Å². The SMILES string of the molecule is CC1(C)S[C@H]([C@@H](NC(=O)[C@H](N)c2ccccc2)C(=O)O)N[C@H]1C(=O)O. The Morgan fingerprint density at radius 1 is 1.24 bits per heavy atom. The number of rotatable bonds is 6. The fourth-order valence-electron chi connectivity index (χ4n) is 2.65. The fourth-order valence-corrected chi connectivity index (χ4v) is 4.13. The van der Waals surface area contributed by atoms with Crippen LogP contribution in [-0.2, 0) is 14.4 Å². The summed E-state index contributed by atoms with van der Waals surface area (Å²) in [7, 11) is 0. The number of carbonyl (C=O) groups excluding carboxylic acids is 1. The molecule has 25 heavy (non-hydrogen) atoms. The summed E-state index contributed by atoms with van der Waals surface area (Å²) in [5.74, 6) is -2.98. The Labute approximate surface area is 149 Å². The molecule has 0 spiro atoms. The van der Waals surface area contributed by atoms with Gasteiger partial charge in [-0.1, -0.05) is 30.3 Å². The highest BCUT2D eigenvalue weighted by Gasteiger charge is 2.49. The zero-order chi connectivity index (χ0) is 18.8. The van der Waals surface area contributed by atoms with Gasteiger partial charge in [0, 0.05) is 4.75 Å². The molecule has 0 bridgehead atoms. The number of hydrogen-bond donors (Lipinski definition) is 5. The summed E-state index contributed by atoms with van der Waals surface area (Å²) in [6.45, 7) is 3.42. The lowest BCUT2D eigenvalue weighted by molar-refractivity contribution is -0.143. The van der Waals surface area contributed by atoms with Gasteiger partial charge in [0.05, 0.1) is 5.37 Å². The smallest absolute Gasteiger partial charge is 0.328 e. The summed E-state index contributed by atoms with van der Waals surface area (Å²) in [4.78, 5) is 35.3. The molecule has 4 atom stereocenters. The number of thioether (sulfide) groups is 1. The monoisotopic (exact) mass is 367 g/mol. The van der Waals surface area contributed by atoms with Gasteiger partial charge >= 0.3 is 11.9 Å². The molecule has 1 aromatic carbocycles. The zero-order valence-corrected chi connectivity index (χ0v) is 14.6. The molecule has 1 fully saturated rings. The summed E-state index contributed by atoms with van der Waals surface area (Å²) in [5, 5.41) is 23.1. The lowest BCUT2D eigenvalue weighted by Crippen LogP contribution is -2.55. The van der Waals surface area contributed by atoms with E-state index in [9.17, 15) is 24.6 Å². The van der Waals surface area contributed by atoms with Gasteiger partial charge in [0.1, 0.15) is 12.1 Å². The van der Waals surface area contributed by atoms with Crippen LogP contribution in [-0.4, -0.2) is 50.3 Å². The molecule has 0 radical (unpaired) electrons. The van der Waals surface area contributed by atoms with E-state index in [2.05, 4.69) is 10.6 Å².